The predicted molar refractivity (Wildman–Crippen MR) is 80.7 cm³/mol. The molecule has 0 aromatic heterocycles. The molecule has 0 aliphatic carbocycles. The average Bonchev–Trinajstić information content (AvgIpc) is 2.19. The van der Waals surface area contributed by atoms with Crippen molar-refractivity contribution in [3.63, 3.8) is 0 Å². The average molecular weight is 282 g/mol. The van der Waals surface area contributed by atoms with Crippen molar-refractivity contribution in [3.05, 3.63) is 0 Å². The molecule has 0 heterocycles. The summed E-state index contributed by atoms with van der Waals surface area (Å²) in [6, 6.07) is 0. The van der Waals surface area contributed by atoms with Gasteiger partial charge in [-0.25, -0.2) is 0 Å². The van der Waals surface area contributed by atoms with Crippen LogP contribution in [0.4, 0.5) is 0 Å². The molecule has 0 amide bonds. The Morgan fingerprint density at radius 1 is 0.632 bits per heavy atom. The third-order valence-corrected chi connectivity index (χ3v) is 0.816. The van der Waals surface area contributed by atoms with E-state index in [1.807, 2.05) is 27.7 Å². The molecule has 5 heteroatoms. The minimum atomic E-state index is 0. The van der Waals surface area contributed by atoms with Crippen molar-refractivity contribution in [1.29, 1.82) is 0 Å². The van der Waals surface area contributed by atoms with Crippen molar-refractivity contribution in [3.8, 4) is 0 Å². The van der Waals surface area contributed by atoms with Gasteiger partial charge in [0.2, 0.25) is 0 Å². The van der Waals surface area contributed by atoms with Gasteiger partial charge < -0.3 is 24.5 Å². The molecule has 120 valence electrons. The predicted octanol–water partition coefficient (Wildman–Crippen LogP) is 2.45. The summed E-state index contributed by atoms with van der Waals surface area (Å²) in [5.74, 6) is 0.333. The molecule has 0 radical (unpaired) electrons. The third-order valence-electron chi connectivity index (χ3n) is 0.816. The molecule has 0 spiro atoms. The summed E-state index contributed by atoms with van der Waals surface area (Å²) in [7, 11) is 0. The Labute approximate surface area is 119 Å². The first-order chi connectivity index (χ1) is 8.29. The van der Waals surface area contributed by atoms with Crippen LogP contribution in [0.5, 0.6) is 0 Å². The van der Waals surface area contributed by atoms with Crippen molar-refractivity contribution < 1.29 is 24.5 Å². The van der Waals surface area contributed by atoms with Gasteiger partial charge in [-0.3, -0.25) is 0 Å². The maximum atomic E-state index is 9.44. The summed E-state index contributed by atoms with van der Waals surface area (Å²) >= 11 is 0. The standard InChI is InChI=1S/2C4H10O.2C3H6O.H2O/c2*1-3-5-4-2;2*1-3(2)4;/h2*3-4H2,1-2H3;2*1-2H3;1H2. The fourth-order valence-corrected chi connectivity index (χ4v) is 0.408. The highest BCUT2D eigenvalue weighted by Gasteiger charge is 1.64. The normalized spacial score (nSPS) is 7.16. The number of carbonyl (C=O) groups excluding carboxylic acids is 2. The van der Waals surface area contributed by atoms with Crippen molar-refractivity contribution in [2.24, 2.45) is 0 Å². The summed E-state index contributed by atoms with van der Waals surface area (Å²) in [6.45, 7) is 17.4. The Hall–Kier alpha value is -0.780. The number of ketones is 2. The van der Waals surface area contributed by atoms with Gasteiger partial charge in [0.25, 0.3) is 0 Å². The van der Waals surface area contributed by atoms with Crippen LogP contribution in [0.25, 0.3) is 0 Å². The molecular formula is C14H34O5. The van der Waals surface area contributed by atoms with Gasteiger partial charge in [-0.2, -0.15) is 0 Å². The molecule has 0 bridgehead atoms. The summed E-state index contributed by atoms with van der Waals surface area (Å²) in [4.78, 5) is 18.9. The van der Waals surface area contributed by atoms with Gasteiger partial charge in [-0.15, -0.1) is 0 Å². The number of carbonyl (C=O) groups is 2. The highest BCUT2D eigenvalue weighted by Crippen LogP contribution is 1.65. The van der Waals surface area contributed by atoms with E-state index < -0.39 is 0 Å². The number of hydrogen-bond acceptors (Lipinski definition) is 4. The van der Waals surface area contributed by atoms with E-state index in [0.717, 1.165) is 26.4 Å². The molecular weight excluding hydrogens is 248 g/mol. The van der Waals surface area contributed by atoms with Gasteiger partial charge in [0.1, 0.15) is 11.6 Å². The fraction of sp³-hybridized carbons (Fsp3) is 0.857. The van der Waals surface area contributed by atoms with E-state index in [1.165, 1.54) is 27.7 Å². The van der Waals surface area contributed by atoms with Crippen LogP contribution in [0.1, 0.15) is 55.4 Å². The van der Waals surface area contributed by atoms with Crippen LogP contribution >= 0.6 is 0 Å². The number of hydrogen-bond donors (Lipinski definition) is 0. The molecule has 0 aliphatic rings. The smallest absolute Gasteiger partial charge is 0.126 e. The fourth-order valence-electron chi connectivity index (χ4n) is 0.408. The third kappa shape index (κ3) is 385. The van der Waals surface area contributed by atoms with E-state index in [0.29, 0.717) is 0 Å². The maximum Gasteiger partial charge on any atom is 0.126 e. The Kier molecular flexibility index (Phi) is 58.6. The van der Waals surface area contributed by atoms with Crippen LogP contribution < -0.4 is 0 Å². The summed E-state index contributed by atoms with van der Waals surface area (Å²) in [5.41, 5.74) is 0. The molecule has 19 heavy (non-hydrogen) atoms. The van der Waals surface area contributed by atoms with Crippen LogP contribution in [0.2, 0.25) is 0 Å². The van der Waals surface area contributed by atoms with E-state index in [-0.39, 0.29) is 17.0 Å². The number of Topliss-reactive ketones (excluding diaryl/α,β-unsaturated/α-hetero) is 2. The molecule has 0 unspecified atom stereocenters. The SMILES string of the molecule is CC(C)=O.CC(C)=O.CCOCC.CCOCC.O. The first-order valence-electron chi connectivity index (χ1n) is 6.39. The lowest BCUT2D eigenvalue weighted by Crippen LogP contribution is -1.84. The number of ether oxygens (including phenoxy) is 2. The number of rotatable bonds is 4. The molecule has 5 nitrogen and oxygen atoms in total. The summed E-state index contributed by atoms with van der Waals surface area (Å²) in [5, 5.41) is 0. The highest BCUT2D eigenvalue weighted by atomic mass is 16.5. The topological polar surface area (TPSA) is 84.1 Å². The van der Waals surface area contributed by atoms with E-state index in [9.17, 15) is 9.59 Å². The van der Waals surface area contributed by atoms with Crippen molar-refractivity contribution in [2.45, 2.75) is 55.4 Å². The highest BCUT2D eigenvalue weighted by molar-refractivity contribution is 5.72. The molecule has 0 aromatic rings. The van der Waals surface area contributed by atoms with E-state index in [4.69, 9.17) is 9.47 Å². The van der Waals surface area contributed by atoms with Gasteiger partial charge in [0.15, 0.2) is 0 Å². The van der Waals surface area contributed by atoms with Gasteiger partial charge >= 0.3 is 0 Å². The van der Waals surface area contributed by atoms with E-state index >= 15 is 0 Å². The largest absolute Gasteiger partial charge is 0.412 e. The van der Waals surface area contributed by atoms with Crippen LogP contribution in [-0.4, -0.2) is 43.5 Å². The second kappa shape index (κ2) is 36.0. The Morgan fingerprint density at radius 2 is 0.737 bits per heavy atom. The van der Waals surface area contributed by atoms with Gasteiger partial charge in [-0.05, 0) is 55.4 Å². The van der Waals surface area contributed by atoms with Crippen LogP contribution in [-0.2, 0) is 19.1 Å². The molecule has 0 aliphatic heterocycles. The summed E-state index contributed by atoms with van der Waals surface area (Å²) in [6.07, 6.45) is 0. The molecule has 0 rings (SSSR count). The Balaban J connectivity index is -0.0000000453. The van der Waals surface area contributed by atoms with Crippen molar-refractivity contribution in [2.75, 3.05) is 26.4 Å². The Morgan fingerprint density at radius 3 is 0.737 bits per heavy atom. The van der Waals surface area contributed by atoms with Crippen molar-refractivity contribution in [1.82, 2.24) is 0 Å². The van der Waals surface area contributed by atoms with Gasteiger partial charge in [0.05, 0.1) is 0 Å². The van der Waals surface area contributed by atoms with E-state index in [1.54, 1.807) is 0 Å². The lowest BCUT2D eigenvalue weighted by molar-refractivity contribution is -0.115. The van der Waals surface area contributed by atoms with Crippen LogP contribution in [0.15, 0.2) is 0 Å². The lowest BCUT2D eigenvalue weighted by atomic mass is 10.6. The molecule has 0 saturated carbocycles. The minimum Gasteiger partial charge on any atom is -0.412 e. The van der Waals surface area contributed by atoms with Crippen LogP contribution in [0.3, 0.4) is 0 Å². The first kappa shape index (κ1) is 30.9. The zero-order valence-corrected chi connectivity index (χ0v) is 14.0. The van der Waals surface area contributed by atoms with Gasteiger partial charge in [-0.1, -0.05) is 0 Å². The molecule has 0 saturated heterocycles. The molecule has 2 N–H and O–H groups in total. The summed E-state index contributed by atoms with van der Waals surface area (Å²) < 4.78 is 9.67. The molecule has 0 atom stereocenters. The zero-order chi connectivity index (χ0) is 15.4. The Bertz CT molecular complexity index is 128. The molecule has 0 fully saturated rings. The lowest BCUT2D eigenvalue weighted by Gasteiger charge is -1.86. The second-order valence-electron chi connectivity index (χ2n) is 3.38. The minimum absolute atomic E-state index is 0. The van der Waals surface area contributed by atoms with Crippen molar-refractivity contribution >= 4 is 11.6 Å². The van der Waals surface area contributed by atoms with E-state index in [2.05, 4.69) is 0 Å². The van der Waals surface area contributed by atoms with Crippen LogP contribution in [0, 0.1) is 0 Å². The second-order valence-corrected chi connectivity index (χ2v) is 3.38. The quantitative estimate of drug-likeness (QED) is 0.792. The first-order valence-corrected chi connectivity index (χ1v) is 6.39. The maximum absolute atomic E-state index is 9.44. The van der Waals surface area contributed by atoms with Gasteiger partial charge in [0, 0.05) is 26.4 Å². The zero-order valence-electron chi connectivity index (χ0n) is 14.0. The molecule has 0 aromatic carbocycles. The monoisotopic (exact) mass is 282 g/mol.